The van der Waals surface area contributed by atoms with E-state index in [0.717, 1.165) is 32.2 Å². The second kappa shape index (κ2) is 3.97. The highest BCUT2D eigenvalue weighted by Crippen LogP contribution is 2.36. The number of likely N-dealkylation sites (tertiary alicyclic amines) is 1. The van der Waals surface area contributed by atoms with Gasteiger partial charge in [-0.25, -0.2) is 0 Å². The summed E-state index contributed by atoms with van der Waals surface area (Å²) < 4.78 is 0. The molecule has 1 aliphatic carbocycles. The Bertz CT molecular complexity index is 375. The van der Waals surface area contributed by atoms with Crippen molar-refractivity contribution in [3.63, 3.8) is 0 Å². The monoisotopic (exact) mass is 234 g/mol. The number of nitrogens with two attached hydrogens (primary N) is 1. The maximum absolute atomic E-state index is 12.4. The highest BCUT2D eigenvalue weighted by atomic mass is 16.2. The number of nitrogens with zero attached hydrogens (tertiary/aromatic N) is 2. The first-order valence-corrected chi connectivity index (χ1v) is 6.42. The maximum atomic E-state index is 12.4. The van der Waals surface area contributed by atoms with Crippen LogP contribution < -0.4 is 11.1 Å². The third-order valence-electron chi connectivity index (χ3n) is 4.46. The van der Waals surface area contributed by atoms with E-state index in [0.29, 0.717) is 12.0 Å². The van der Waals surface area contributed by atoms with Crippen LogP contribution in [0.1, 0.15) is 25.7 Å². The molecule has 0 radical (unpaired) electrons. The number of nitriles is 1. The molecule has 17 heavy (non-hydrogen) atoms. The zero-order valence-electron chi connectivity index (χ0n) is 9.80. The zero-order chi connectivity index (χ0) is 12.0. The lowest BCUT2D eigenvalue weighted by molar-refractivity contribution is -0.134. The first kappa shape index (κ1) is 11.0. The molecule has 1 unspecified atom stereocenters. The van der Waals surface area contributed by atoms with Crippen molar-refractivity contribution in [2.75, 3.05) is 6.54 Å². The van der Waals surface area contributed by atoms with Crippen LogP contribution in [0.25, 0.3) is 0 Å². The second-order valence-corrected chi connectivity index (χ2v) is 5.46. The molecule has 0 aromatic rings. The van der Waals surface area contributed by atoms with Crippen molar-refractivity contribution in [1.82, 2.24) is 10.2 Å². The van der Waals surface area contributed by atoms with E-state index < -0.39 is 0 Å². The summed E-state index contributed by atoms with van der Waals surface area (Å²) in [7, 11) is 0. The number of piperidine rings is 1. The Morgan fingerprint density at radius 2 is 2.29 bits per heavy atom. The van der Waals surface area contributed by atoms with Gasteiger partial charge in [-0.3, -0.25) is 4.79 Å². The quantitative estimate of drug-likeness (QED) is 0.645. The molecule has 3 aliphatic rings. The average molecular weight is 234 g/mol. The van der Waals surface area contributed by atoms with Crippen molar-refractivity contribution < 1.29 is 4.79 Å². The Morgan fingerprint density at radius 1 is 1.47 bits per heavy atom. The summed E-state index contributed by atoms with van der Waals surface area (Å²) in [6.45, 7) is 0.735. The van der Waals surface area contributed by atoms with Gasteiger partial charge < -0.3 is 16.0 Å². The maximum Gasteiger partial charge on any atom is 0.241 e. The van der Waals surface area contributed by atoms with E-state index in [4.69, 9.17) is 11.0 Å². The molecule has 1 amide bonds. The SMILES string of the molecule is N#CC1CCCN1C(=O)[C@H]1N[C@@H]2C[C@H]1C[C@H]2N. The molecular formula is C12H18N4O. The summed E-state index contributed by atoms with van der Waals surface area (Å²) in [4.78, 5) is 14.1. The molecule has 5 atom stereocenters. The van der Waals surface area contributed by atoms with Crippen LogP contribution in [0, 0.1) is 17.2 Å². The minimum absolute atomic E-state index is 0.0891. The molecule has 5 nitrogen and oxygen atoms in total. The largest absolute Gasteiger partial charge is 0.326 e. The summed E-state index contributed by atoms with van der Waals surface area (Å²) in [6, 6.07) is 2.43. The second-order valence-electron chi connectivity index (χ2n) is 5.46. The average Bonchev–Trinajstić information content (AvgIpc) is 3.01. The Hall–Kier alpha value is -1.12. The molecule has 2 aliphatic heterocycles. The van der Waals surface area contributed by atoms with Crippen molar-refractivity contribution in [2.24, 2.45) is 11.7 Å². The lowest BCUT2D eigenvalue weighted by Gasteiger charge is -2.30. The van der Waals surface area contributed by atoms with Gasteiger partial charge in [0.25, 0.3) is 0 Å². The van der Waals surface area contributed by atoms with Crippen molar-refractivity contribution >= 4 is 5.91 Å². The van der Waals surface area contributed by atoms with Crippen LogP contribution in [0.3, 0.4) is 0 Å². The number of nitrogens with one attached hydrogen (secondary N) is 1. The molecule has 3 fully saturated rings. The normalized spacial score (nSPS) is 44.0. The first-order valence-electron chi connectivity index (χ1n) is 6.42. The zero-order valence-corrected chi connectivity index (χ0v) is 9.80. The number of carbonyl (C=O) groups excluding carboxylic acids is 1. The van der Waals surface area contributed by atoms with Gasteiger partial charge in [0.2, 0.25) is 5.91 Å². The molecule has 3 rings (SSSR count). The number of rotatable bonds is 1. The fourth-order valence-corrected chi connectivity index (χ4v) is 3.56. The van der Waals surface area contributed by atoms with E-state index in [-0.39, 0.29) is 24.0 Å². The number of amides is 1. The Balaban J connectivity index is 1.70. The summed E-state index contributed by atoms with van der Waals surface area (Å²) in [5.41, 5.74) is 5.95. The van der Waals surface area contributed by atoms with Gasteiger partial charge in [-0.2, -0.15) is 5.26 Å². The number of carbonyl (C=O) groups is 1. The van der Waals surface area contributed by atoms with Crippen molar-refractivity contribution in [3.05, 3.63) is 0 Å². The molecule has 2 bridgehead atoms. The minimum Gasteiger partial charge on any atom is -0.326 e. The van der Waals surface area contributed by atoms with Gasteiger partial charge >= 0.3 is 0 Å². The highest BCUT2D eigenvalue weighted by molar-refractivity contribution is 5.83. The standard InChI is InChI=1S/C12H18N4O/c13-6-8-2-1-3-16(8)12(17)11-7-4-9(14)10(5-7)15-11/h7-11,15H,1-5,14H2/t7-,8?,9-,10-,11+/m1/s1. The smallest absolute Gasteiger partial charge is 0.241 e. The van der Waals surface area contributed by atoms with Crippen LogP contribution in [0.2, 0.25) is 0 Å². The van der Waals surface area contributed by atoms with Crippen LogP contribution in [0.5, 0.6) is 0 Å². The third-order valence-corrected chi connectivity index (χ3v) is 4.46. The molecule has 3 N–H and O–H groups in total. The minimum atomic E-state index is -0.211. The first-order chi connectivity index (χ1) is 8.20. The number of hydrogen-bond donors (Lipinski definition) is 2. The van der Waals surface area contributed by atoms with Crippen molar-refractivity contribution in [2.45, 2.75) is 49.9 Å². The molecule has 0 spiro atoms. The van der Waals surface area contributed by atoms with Crippen molar-refractivity contribution in [3.8, 4) is 6.07 Å². The number of fused-ring (bicyclic) bond motifs is 2. The fraction of sp³-hybridized carbons (Fsp3) is 0.833. The van der Waals surface area contributed by atoms with Gasteiger partial charge in [-0.1, -0.05) is 0 Å². The summed E-state index contributed by atoms with van der Waals surface area (Å²) in [5, 5.41) is 12.4. The van der Waals surface area contributed by atoms with E-state index in [1.54, 1.807) is 4.90 Å². The predicted molar refractivity (Wildman–Crippen MR) is 61.8 cm³/mol. The van der Waals surface area contributed by atoms with Crippen LogP contribution in [0.4, 0.5) is 0 Å². The van der Waals surface area contributed by atoms with Gasteiger partial charge in [-0.15, -0.1) is 0 Å². The van der Waals surface area contributed by atoms with Gasteiger partial charge in [-0.05, 0) is 31.6 Å². The molecular weight excluding hydrogens is 216 g/mol. The topological polar surface area (TPSA) is 82.2 Å². The molecule has 1 saturated carbocycles. The van der Waals surface area contributed by atoms with E-state index in [1.165, 1.54) is 0 Å². The fourth-order valence-electron chi connectivity index (χ4n) is 3.56. The van der Waals surface area contributed by atoms with Crippen LogP contribution in [-0.4, -0.2) is 41.5 Å². The van der Waals surface area contributed by atoms with Gasteiger partial charge in [0, 0.05) is 18.6 Å². The molecule has 92 valence electrons. The summed E-state index contributed by atoms with van der Waals surface area (Å²) in [5.74, 6) is 0.496. The lowest BCUT2D eigenvalue weighted by Crippen LogP contribution is -2.55. The van der Waals surface area contributed by atoms with Crippen molar-refractivity contribution in [1.29, 1.82) is 5.26 Å². The van der Waals surface area contributed by atoms with Crippen LogP contribution >= 0.6 is 0 Å². The predicted octanol–water partition coefficient (Wildman–Crippen LogP) is -0.421. The highest BCUT2D eigenvalue weighted by Gasteiger charge is 2.49. The summed E-state index contributed by atoms with van der Waals surface area (Å²) in [6.07, 6.45) is 3.73. The Morgan fingerprint density at radius 3 is 2.88 bits per heavy atom. The summed E-state index contributed by atoms with van der Waals surface area (Å²) >= 11 is 0. The Kier molecular flexibility index (Phi) is 2.57. The Labute approximate surface area is 101 Å². The van der Waals surface area contributed by atoms with E-state index in [2.05, 4.69) is 11.4 Å². The molecule has 0 aromatic heterocycles. The molecule has 5 heteroatoms. The third kappa shape index (κ3) is 1.63. The molecule has 0 aromatic carbocycles. The molecule has 2 saturated heterocycles. The van der Waals surface area contributed by atoms with E-state index in [9.17, 15) is 4.79 Å². The van der Waals surface area contributed by atoms with Gasteiger partial charge in [0.05, 0.1) is 12.1 Å². The van der Waals surface area contributed by atoms with Crippen LogP contribution in [0.15, 0.2) is 0 Å². The number of hydrogen-bond acceptors (Lipinski definition) is 4. The van der Waals surface area contributed by atoms with Gasteiger partial charge in [0.15, 0.2) is 0 Å². The lowest BCUT2D eigenvalue weighted by atomic mass is 9.97. The van der Waals surface area contributed by atoms with E-state index >= 15 is 0 Å². The van der Waals surface area contributed by atoms with E-state index in [1.807, 2.05) is 0 Å². The van der Waals surface area contributed by atoms with Gasteiger partial charge in [0.1, 0.15) is 6.04 Å². The molecule has 2 heterocycles. The van der Waals surface area contributed by atoms with Crippen LogP contribution in [-0.2, 0) is 4.79 Å².